The molecule has 0 atom stereocenters. The minimum Gasteiger partial charge on any atom is -0.388 e. The van der Waals surface area contributed by atoms with Crippen molar-refractivity contribution in [1.29, 1.82) is 0 Å². The molecule has 0 saturated carbocycles. The zero-order valence-corrected chi connectivity index (χ0v) is 30.8. The van der Waals surface area contributed by atoms with E-state index in [1.165, 1.54) is 44.8 Å². The summed E-state index contributed by atoms with van der Waals surface area (Å²) >= 11 is 13.7. The molecular weight excluding hydrogens is 663 g/mol. The molecule has 0 aromatic heterocycles. The first-order chi connectivity index (χ1) is 24.9. The summed E-state index contributed by atoms with van der Waals surface area (Å²) in [5.74, 6) is 0. The van der Waals surface area contributed by atoms with E-state index in [1.54, 1.807) is 0 Å². The lowest BCUT2D eigenvalue weighted by Gasteiger charge is -2.38. The number of nitrogens with one attached hydrogen (secondary N) is 1. The van der Waals surface area contributed by atoms with E-state index in [2.05, 4.69) is 169 Å². The van der Waals surface area contributed by atoms with Crippen molar-refractivity contribution in [3.05, 3.63) is 213 Å². The van der Waals surface area contributed by atoms with Gasteiger partial charge in [0.2, 0.25) is 0 Å². The van der Waals surface area contributed by atoms with E-state index in [0.29, 0.717) is 0 Å². The normalized spacial score (nSPS) is 14.4. The molecular formula is C47H44Cl2N2. The quantitative estimate of drug-likeness (QED) is 0.136. The fourth-order valence-electron chi connectivity index (χ4n) is 8.37. The van der Waals surface area contributed by atoms with Crippen LogP contribution in [0.4, 0.5) is 11.4 Å². The highest BCUT2D eigenvalue weighted by Gasteiger charge is 2.47. The largest absolute Gasteiger partial charge is 0.388 e. The van der Waals surface area contributed by atoms with E-state index in [4.69, 9.17) is 23.2 Å². The molecule has 7 rings (SSSR count). The van der Waals surface area contributed by atoms with E-state index in [9.17, 15) is 0 Å². The highest BCUT2D eigenvalue weighted by atomic mass is 35.5. The molecule has 1 aliphatic heterocycles. The number of rotatable bonds is 12. The summed E-state index contributed by atoms with van der Waals surface area (Å²) in [6, 6.07) is 56.3. The summed E-state index contributed by atoms with van der Waals surface area (Å²) < 4.78 is 0. The average molecular weight is 708 g/mol. The molecule has 1 heterocycles. The van der Waals surface area contributed by atoms with Crippen molar-refractivity contribution in [3.63, 3.8) is 0 Å². The Morgan fingerprint density at radius 3 is 1.59 bits per heavy atom. The molecule has 0 saturated heterocycles. The smallest absolute Gasteiger partial charge is 0.0453 e. The zero-order chi connectivity index (χ0) is 35.3. The van der Waals surface area contributed by atoms with Crippen LogP contribution in [0.5, 0.6) is 0 Å². The third-order valence-corrected chi connectivity index (χ3v) is 11.1. The molecule has 0 amide bonds. The number of likely N-dealkylation sites (N-methyl/N-ethyl adjacent to an activating group) is 1. The Morgan fingerprint density at radius 1 is 0.608 bits per heavy atom. The number of halogens is 2. The summed E-state index contributed by atoms with van der Waals surface area (Å²) in [6.45, 7) is 0. The molecule has 6 aromatic rings. The van der Waals surface area contributed by atoms with E-state index in [1.807, 2.05) is 19.2 Å². The van der Waals surface area contributed by atoms with Crippen molar-refractivity contribution in [2.45, 2.75) is 42.9 Å². The predicted octanol–water partition coefficient (Wildman–Crippen LogP) is 11.9. The monoisotopic (exact) mass is 706 g/mol. The summed E-state index contributed by atoms with van der Waals surface area (Å²) in [5, 5.41) is 5.03. The molecule has 256 valence electrons. The van der Waals surface area contributed by atoms with Crippen LogP contribution < -0.4 is 10.2 Å². The Morgan fingerprint density at radius 2 is 1.08 bits per heavy atom. The Labute approximate surface area is 313 Å². The second-order valence-electron chi connectivity index (χ2n) is 14.0. The predicted molar refractivity (Wildman–Crippen MR) is 217 cm³/mol. The number of fused-ring (bicyclic) bond motifs is 1. The number of anilines is 2. The Bertz CT molecular complexity index is 2010. The molecule has 2 nitrogen and oxygen atoms in total. The maximum absolute atomic E-state index is 6.87. The molecule has 6 aromatic carbocycles. The van der Waals surface area contributed by atoms with E-state index < -0.39 is 0 Å². The third-order valence-electron chi connectivity index (χ3n) is 10.7. The minimum atomic E-state index is -0.358. The van der Waals surface area contributed by atoms with Crippen molar-refractivity contribution in [2.75, 3.05) is 24.3 Å². The SMILES string of the molecule is CNc1ccc(Cl)cc1C(C/C=C1/N(C)c2ccc(Cl)cc2C1(Cc1ccccc1)Cc1ccccc1)(Cc1ccccc1)Cc1ccccc1. The fraction of sp³-hybridized carbons (Fsp3) is 0.191. The number of hydrogen-bond acceptors (Lipinski definition) is 2. The van der Waals surface area contributed by atoms with Crippen molar-refractivity contribution in [2.24, 2.45) is 0 Å². The van der Waals surface area contributed by atoms with Crippen LogP contribution in [0.25, 0.3) is 0 Å². The van der Waals surface area contributed by atoms with Gasteiger partial charge in [0.1, 0.15) is 0 Å². The second-order valence-corrected chi connectivity index (χ2v) is 14.8. The van der Waals surface area contributed by atoms with E-state index in [-0.39, 0.29) is 10.8 Å². The van der Waals surface area contributed by atoms with Crippen LogP contribution in [-0.2, 0) is 36.5 Å². The first-order valence-corrected chi connectivity index (χ1v) is 18.5. The van der Waals surface area contributed by atoms with Crippen molar-refractivity contribution >= 4 is 34.6 Å². The standard InChI is InChI=1S/C47H44Cl2N2/c1-50-43-25-23-39(48)29-41(43)46(31-35-15-7-3-8-16-35,32-36-17-9-4-10-18-36)28-27-45-47(33-37-19-11-5-12-20-37,34-38-21-13-6-14-22-38)42-30-40(49)24-26-44(42)51(45)2/h3-27,29-30,50H,28,31-34H2,1-2H3/b45-27+. The fourth-order valence-corrected chi connectivity index (χ4v) is 8.72. The molecule has 1 aliphatic rings. The zero-order valence-electron chi connectivity index (χ0n) is 29.3. The molecule has 0 bridgehead atoms. The topological polar surface area (TPSA) is 15.3 Å². The van der Waals surface area contributed by atoms with Gasteiger partial charge in [-0.3, -0.25) is 0 Å². The number of hydrogen-bond donors (Lipinski definition) is 1. The summed E-state index contributed by atoms with van der Waals surface area (Å²) in [7, 11) is 4.24. The molecule has 1 N–H and O–H groups in total. The van der Waals surface area contributed by atoms with Crippen LogP contribution in [0.2, 0.25) is 10.0 Å². The molecule has 0 fully saturated rings. The van der Waals surface area contributed by atoms with Gasteiger partial charge < -0.3 is 10.2 Å². The number of nitrogens with zero attached hydrogens (tertiary/aromatic N) is 1. The lowest BCUT2D eigenvalue weighted by Crippen LogP contribution is -2.36. The van der Waals surface area contributed by atoms with Gasteiger partial charge in [-0.2, -0.15) is 0 Å². The van der Waals surface area contributed by atoms with Gasteiger partial charge in [-0.1, -0.05) is 151 Å². The van der Waals surface area contributed by atoms with Gasteiger partial charge >= 0.3 is 0 Å². The Balaban J connectivity index is 1.47. The summed E-state index contributed by atoms with van der Waals surface area (Å²) in [6.07, 6.45) is 6.71. The van der Waals surface area contributed by atoms with E-state index >= 15 is 0 Å². The van der Waals surface area contributed by atoms with Crippen LogP contribution in [-0.4, -0.2) is 14.1 Å². The molecule has 0 radical (unpaired) electrons. The maximum atomic E-state index is 6.87. The van der Waals surface area contributed by atoms with Crippen molar-refractivity contribution < 1.29 is 0 Å². The first kappa shape index (κ1) is 34.7. The lowest BCUT2D eigenvalue weighted by molar-refractivity contribution is 0.419. The van der Waals surface area contributed by atoms with E-state index in [0.717, 1.165) is 47.8 Å². The van der Waals surface area contributed by atoms with Gasteiger partial charge in [0.25, 0.3) is 0 Å². The van der Waals surface area contributed by atoms with Gasteiger partial charge in [0.05, 0.1) is 0 Å². The number of allylic oxidation sites excluding steroid dienone is 2. The molecule has 51 heavy (non-hydrogen) atoms. The average Bonchev–Trinajstić information content (AvgIpc) is 3.37. The van der Waals surface area contributed by atoms with Gasteiger partial charge in [0.15, 0.2) is 0 Å². The van der Waals surface area contributed by atoms with Gasteiger partial charge in [0, 0.05) is 52.0 Å². The van der Waals surface area contributed by atoms with Crippen LogP contribution >= 0.6 is 23.2 Å². The van der Waals surface area contributed by atoms with Crippen LogP contribution in [0.3, 0.4) is 0 Å². The van der Waals surface area contributed by atoms with Gasteiger partial charge in [-0.15, -0.1) is 0 Å². The van der Waals surface area contributed by atoms with Crippen LogP contribution in [0.1, 0.15) is 39.8 Å². The van der Waals surface area contributed by atoms with Crippen molar-refractivity contribution in [1.82, 2.24) is 0 Å². The van der Waals surface area contributed by atoms with Crippen molar-refractivity contribution in [3.8, 4) is 0 Å². The van der Waals surface area contributed by atoms with Crippen LogP contribution in [0.15, 0.2) is 169 Å². The minimum absolute atomic E-state index is 0.336. The molecule has 4 heteroatoms. The Kier molecular flexibility index (Phi) is 10.4. The highest BCUT2D eigenvalue weighted by molar-refractivity contribution is 6.31. The maximum Gasteiger partial charge on any atom is 0.0453 e. The first-order valence-electron chi connectivity index (χ1n) is 17.8. The lowest BCUT2D eigenvalue weighted by atomic mass is 9.66. The van der Waals surface area contributed by atoms with Gasteiger partial charge in [-0.05, 0) is 102 Å². The summed E-state index contributed by atoms with van der Waals surface area (Å²) in [5.41, 5.74) is 10.6. The molecule has 0 spiro atoms. The third kappa shape index (κ3) is 7.35. The Hall–Kier alpha value is -4.76. The van der Waals surface area contributed by atoms with Gasteiger partial charge in [-0.25, -0.2) is 0 Å². The second kappa shape index (κ2) is 15.2. The molecule has 0 unspecified atom stereocenters. The summed E-state index contributed by atoms with van der Waals surface area (Å²) in [4.78, 5) is 2.42. The number of benzene rings is 6. The van der Waals surface area contributed by atoms with Crippen LogP contribution in [0, 0.1) is 0 Å². The molecule has 0 aliphatic carbocycles. The highest BCUT2D eigenvalue weighted by Crippen LogP contribution is 2.53.